The van der Waals surface area contributed by atoms with Crippen LogP contribution in [0.25, 0.3) is 0 Å². The molecule has 0 heterocycles. The minimum Gasteiger partial charge on any atom is -0.316 e. The van der Waals surface area contributed by atoms with Crippen LogP contribution in [0.5, 0.6) is 0 Å². The van der Waals surface area contributed by atoms with E-state index < -0.39 is 9.84 Å². The average Bonchev–Trinajstić information content (AvgIpc) is 2.22. The van der Waals surface area contributed by atoms with Gasteiger partial charge in [0.05, 0.1) is 11.5 Å². The summed E-state index contributed by atoms with van der Waals surface area (Å²) in [6.07, 6.45) is 4.49. The van der Waals surface area contributed by atoms with Gasteiger partial charge in [0, 0.05) is 6.54 Å². The summed E-state index contributed by atoms with van der Waals surface area (Å²) in [4.78, 5) is 0. The van der Waals surface area contributed by atoms with Gasteiger partial charge >= 0.3 is 0 Å². The van der Waals surface area contributed by atoms with Gasteiger partial charge in [0.25, 0.3) is 0 Å². The van der Waals surface area contributed by atoms with Crippen LogP contribution in [0.4, 0.5) is 0 Å². The molecule has 0 aromatic rings. The highest BCUT2D eigenvalue weighted by atomic mass is 32.2. The van der Waals surface area contributed by atoms with Crippen molar-refractivity contribution in [2.45, 2.75) is 46.5 Å². The van der Waals surface area contributed by atoms with Gasteiger partial charge in [-0.25, -0.2) is 8.42 Å². The van der Waals surface area contributed by atoms with Crippen molar-refractivity contribution in [3.05, 3.63) is 0 Å². The van der Waals surface area contributed by atoms with Gasteiger partial charge in [-0.3, -0.25) is 0 Å². The maximum Gasteiger partial charge on any atom is 0.151 e. The molecule has 0 aliphatic heterocycles. The molecule has 16 heavy (non-hydrogen) atoms. The highest BCUT2D eigenvalue weighted by Gasteiger charge is 2.13. The molecule has 0 rings (SSSR count). The van der Waals surface area contributed by atoms with Crippen LogP contribution in [-0.4, -0.2) is 33.0 Å². The zero-order chi connectivity index (χ0) is 12.4. The third kappa shape index (κ3) is 9.16. The second-order valence-corrected chi connectivity index (χ2v) is 6.81. The summed E-state index contributed by atoms with van der Waals surface area (Å²) in [5.41, 5.74) is 0. The molecule has 0 amide bonds. The van der Waals surface area contributed by atoms with E-state index in [0.29, 0.717) is 12.3 Å². The van der Waals surface area contributed by atoms with Gasteiger partial charge in [-0.2, -0.15) is 0 Å². The number of unbranched alkanes of at least 4 members (excludes halogenated alkanes) is 2. The zero-order valence-electron chi connectivity index (χ0n) is 11.0. The smallest absolute Gasteiger partial charge is 0.151 e. The maximum absolute atomic E-state index is 11.6. The molecular formula is C12H27NO2S. The topological polar surface area (TPSA) is 46.2 Å². The van der Waals surface area contributed by atoms with Crippen LogP contribution in [0.1, 0.15) is 46.5 Å². The fourth-order valence-electron chi connectivity index (χ4n) is 1.49. The SMILES string of the molecule is CCCCCNCCS(=O)(=O)CC(C)CC. The second-order valence-electron chi connectivity index (χ2n) is 4.58. The number of nitrogens with one attached hydrogen (secondary N) is 1. The van der Waals surface area contributed by atoms with E-state index in [4.69, 9.17) is 0 Å². The van der Waals surface area contributed by atoms with Crippen LogP contribution < -0.4 is 5.32 Å². The van der Waals surface area contributed by atoms with Gasteiger partial charge < -0.3 is 5.32 Å². The first kappa shape index (κ1) is 15.9. The Morgan fingerprint density at radius 3 is 2.38 bits per heavy atom. The van der Waals surface area contributed by atoms with Crippen LogP contribution in [0.2, 0.25) is 0 Å². The van der Waals surface area contributed by atoms with E-state index in [-0.39, 0.29) is 11.7 Å². The molecule has 0 bridgehead atoms. The fraction of sp³-hybridized carbons (Fsp3) is 1.00. The molecule has 0 radical (unpaired) electrons. The van der Waals surface area contributed by atoms with Gasteiger partial charge in [0.15, 0.2) is 9.84 Å². The summed E-state index contributed by atoms with van der Waals surface area (Å²) < 4.78 is 23.3. The second kappa shape index (κ2) is 8.99. The normalized spacial score (nSPS) is 13.9. The minimum atomic E-state index is -2.85. The van der Waals surface area contributed by atoms with Crippen molar-refractivity contribution in [1.82, 2.24) is 5.32 Å². The van der Waals surface area contributed by atoms with E-state index in [1.54, 1.807) is 0 Å². The Hall–Kier alpha value is -0.0900. The molecule has 0 aliphatic rings. The van der Waals surface area contributed by atoms with Gasteiger partial charge in [-0.15, -0.1) is 0 Å². The zero-order valence-corrected chi connectivity index (χ0v) is 11.8. The van der Waals surface area contributed by atoms with Gasteiger partial charge in [0.1, 0.15) is 0 Å². The average molecular weight is 249 g/mol. The third-order valence-electron chi connectivity index (χ3n) is 2.78. The molecule has 1 atom stereocenters. The maximum atomic E-state index is 11.6. The van der Waals surface area contributed by atoms with Crippen molar-refractivity contribution in [3.8, 4) is 0 Å². The Kier molecular flexibility index (Phi) is 8.94. The van der Waals surface area contributed by atoms with Crippen molar-refractivity contribution in [2.75, 3.05) is 24.6 Å². The Morgan fingerprint density at radius 2 is 1.81 bits per heavy atom. The summed E-state index contributed by atoms with van der Waals surface area (Å²) in [6, 6.07) is 0. The minimum absolute atomic E-state index is 0.281. The summed E-state index contributed by atoms with van der Waals surface area (Å²) >= 11 is 0. The molecule has 0 aromatic carbocycles. The summed E-state index contributed by atoms with van der Waals surface area (Å²) in [7, 11) is -2.85. The van der Waals surface area contributed by atoms with Crippen LogP contribution >= 0.6 is 0 Å². The lowest BCUT2D eigenvalue weighted by atomic mass is 10.2. The Labute approximate surface area is 101 Å². The fourth-order valence-corrected chi connectivity index (χ4v) is 3.21. The van der Waals surface area contributed by atoms with E-state index in [1.165, 1.54) is 12.8 Å². The molecule has 1 unspecified atom stereocenters. The van der Waals surface area contributed by atoms with E-state index in [9.17, 15) is 8.42 Å². The van der Waals surface area contributed by atoms with Crippen LogP contribution in [0.15, 0.2) is 0 Å². The highest BCUT2D eigenvalue weighted by molar-refractivity contribution is 7.91. The standard InChI is InChI=1S/C12H27NO2S/c1-4-6-7-8-13-9-10-16(14,15)11-12(3)5-2/h12-13H,4-11H2,1-3H3. The Bertz CT molecular complexity index is 250. The first-order valence-electron chi connectivity index (χ1n) is 6.43. The van der Waals surface area contributed by atoms with Crippen molar-refractivity contribution >= 4 is 9.84 Å². The molecule has 0 spiro atoms. The molecule has 0 saturated carbocycles. The quantitative estimate of drug-likeness (QED) is 0.604. The van der Waals surface area contributed by atoms with Gasteiger partial charge in [-0.05, 0) is 18.9 Å². The summed E-state index contributed by atoms with van der Waals surface area (Å²) in [5.74, 6) is 0.897. The van der Waals surface area contributed by atoms with Crippen molar-refractivity contribution in [1.29, 1.82) is 0 Å². The number of hydrogen-bond donors (Lipinski definition) is 1. The third-order valence-corrected chi connectivity index (χ3v) is 4.69. The van der Waals surface area contributed by atoms with Crippen molar-refractivity contribution < 1.29 is 8.42 Å². The van der Waals surface area contributed by atoms with Crippen LogP contribution in [0.3, 0.4) is 0 Å². The van der Waals surface area contributed by atoms with Gasteiger partial charge in [0.2, 0.25) is 0 Å². The lowest BCUT2D eigenvalue weighted by molar-refractivity contribution is 0.559. The predicted molar refractivity (Wildman–Crippen MR) is 70.5 cm³/mol. The first-order chi connectivity index (χ1) is 7.52. The Balaban J connectivity index is 3.59. The molecule has 98 valence electrons. The summed E-state index contributed by atoms with van der Waals surface area (Å²) in [5, 5.41) is 3.19. The molecule has 4 heteroatoms. The number of hydrogen-bond acceptors (Lipinski definition) is 3. The molecule has 0 saturated heterocycles. The van der Waals surface area contributed by atoms with E-state index >= 15 is 0 Å². The first-order valence-corrected chi connectivity index (χ1v) is 8.25. The van der Waals surface area contributed by atoms with Crippen LogP contribution in [-0.2, 0) is 9.84 Å². The van der Waals surface area contributed by atoms with Crippen molar-refractivity contribution in [3.63, 3.8) is 0 Å². The lowest BCUT2D eigenvalue weighted by Gasteiger charge is -2.09. The van der Waals surface area contributed by atoms with E-state index in [2.05, 4.69) is 12.2 Å². The van der Waals surface area contributed by atoms with E-state index in [0.717, 1.165) is 19.4 Å². The monoisotopic (exact) mass is 249 g/mol. The molecule has 0 aromatic heterocycles. The molecule has 1 N–H and O–H groups in total. The number of sulfone groups is 1. The Morgan fingerprint density at radius 1 is 1.12 bits per heavy atom. The molecule has 3 nitrogen and oxygen atoms in total. The molecular weight excluding hydrogens is 222 g/mol. The predicted octanol–water partition coefficient (Wildman–Crippen LogP) is 2.23. The molecule has 0 aliphatic carbocycles. The molecule has 0 fully saturated rings. The lowest BCUT2D eigenvalue weighted by Crippen LogP contribution is -2.26. The highest BCUT2D eigenvalue weighted by Crippen LogP contribution is 2.05. The van der Waals surface area contributed by atoms with Crippen LogP contribution in [0, 0.1) is 5.92 Å². The van der Waals surface area contributed by atoms with Crippen molar-refractivity contribution in [2.24, 2.45) is 5.92 Å². The van der Waals surface area contributed by atoms with E-state index in [1.807, 2.05) is 13.8 Å². The summed E-state index contributed by atoms with van der Waals surface area (Å²) in [6.45, 7) is 7.72. The number of rotatable bonds is 10. The largest absolute Gasteiger partial charge is 0.316 e. The van der Waals surface area contributed by atoms with Gasteiger partial charge in [-0.1, -0.05) is 40.0 Å².